The topological polar surface area (TPSA) is 33.1 Å². The molecular weight excluding hydrogens is 267 g/mol. The number of benzene rings is 1. The Kier molecular flexibility index (Phi) is 3.17. The highest BCUT2D eigenvalue weighted by molar-refractivity contribution is 6.32. The predicted molar refractivity (Wildman–Crippen MR) is 61.3 cm³/mol. The lowest BCUT2D eigenvalue weighted by Gasteiger charge is -2.12. The molecule has 1 aromatic carbocycles. The quantitative estimate of drug-likeness (QED) is 0.847. The van der Waals surface area contributed by atoms with Crippen molar-refractivity contribution in [2.24, 2.45) is 0 Å². The van der Waals surface area contributed by atoms with Gasteiger partial charge in [0, 0.05) is 18.0 Å². The van der Waals surface area contributed by atoms with Gasteiger partial charge in [-0.3, -0.25) is 4.98 Å². The third-order valence-corrected chi connectivity index (χ3v) is 2.70. The molecule has 0 atom stereocenters. The Morgan fingerprint density at radius 1 is 1.17 bits per heavy atom. The Balaban J connectivity index is 2.61. The summed E-state index contributed by atoms with van der Waals surface area (Å²) in [6, 6.07) is 4.79. The molecule has 18 heavy (non-hydrogen) atoms. The third-order valence-electron chi connectivity index (χ3n) is 2.38. The predicted octanol–water partition coefficient (Wildman–Crippen LogP) is 4.13. The molecule has 6 heteroatoms. The molecule has 1 heterocycles. The van der Waals surface area contributed by atoms with Gasteiger partial charge < -0.3 is 5.11 Å². The molecule has 0 bridgehead atoms. The molecular formula is C12H7ClF3NO. The summed E-state index contributed by atoms with van der Waals surface area (Å²) in [5, 5.41) is 9.50. The van der Waals surface area contributed by atoms with E-state index in [0.717, 1.165) is 18.5 Å². The molecule has 0 unspecified atom stereocenters. The minimum Gasteiger partial charge on any atom is -0.506 e. The molecule has 1 aromatic heterocycles. The number of halogens is 4. The number of nitrogens with zero attached hydrogens (tertiary/aromatic N) is 1. The Hall–Kier alpha value is -1.75. The minimum atomic E-state index is -4.48. The number of aromatic nitrogens is 1. The molecule has 2 nitrogen and oxygen atoms in total. The van der Waals surface area contributed by atoms with Crippen LogP contribution in [0.5, 0.6) is 5.75 Å². The van der Waals surface area contributed by atoms with Gasteiger partial charge in [0.05, 0.1) is 10.6 Å². The average Bonchev–Trinajstić information content (AvgIpc) is 2.32. The lowest BCUT2D eigenvalue weighted by atomic mass is 10.0. The van der Waals surface area contributed by atoms with Crippen LogP contribution in [0.25, 0.3) is 11.1 Å². The number of hydrogen-bond acceptors (Lipinski definition) is 2. The first-order valence-corrected chi connectivity index (χ1v) is 5.27. The number of aromatic hydroxyl groups is 1. The highest BCUT2D eigenvalue weighted by atomic mass is 35.5. The van der Waals surface area contributed by atoms with Crippen LogP contribution in [0.15, 0.2) is 36.7 Å². The fraction of sp³-hybridized carbons (Fsp3) is 0.0833. The smallest absolute Gasteiger partial charge is 0.417 e. The number of hydrogen-bond donors (Lipinski definition) is 1. The maximum Gasteiger partial charge on any atom is 0.417 e. The van der Waals surface area contributed by atoms with Gasteiger partial charge >= 0.3 is 6.18 Å². The fourth-order valence-electron chi connectivity index (χ4n) is 1.55. The van der Waals surface area contributed by atoms with Crippen LogP contribution in [0.2, 0.25) is 5.02 Å². The van der Waals surface area contributed by atoms with Gasteiger partial charge in [0.1, 0.15) is 5.75 Å². The Morgan fingerprint density at radius 3 is 2.50 bits per heavy atom. The van der Waals surface area contributed by atoms with Gasteiger partial charge in [-0.05, 0) is 23.8 Å². The Bertz CT molecular complexity index is 584. The molecule has 0 fully saturated rings. The van der Waals surface area contributed by atoms with E-state index in [1.165, 1.54) is 18.2 Å². The standard InChI is InChI=1S/C12H7ClF3NO/c13-10-2-1-7(5-11(10)18)8-6-17-4-3-9(8)12(14,15)16/h1-6,18H. The van der Waals surface area contributed by atoms with Crippen LogP contribution in [0.4, 0.5) is 13.2 Å². The maximum atomic E-state index is 12.8. The first-order chi connectivity index (χ1) is 8.39. The SMILES string of the molecule is Oc1cc(-c2cnccc2C(F)(F)F)ccc1Cl. The van der Waals surface area contributed by atoms with Crippen molar-refractivity contribution in [3.63, 3.8) is 0 Å². The summed E-state index contributed by atoms with van der Waals surface area (Å²) < 4.78 is 38.4. The van der Waals surface area contributed by atoms with E-state index in [9.17, 15) is 18.3 Å². The van der Waals surface area contributed by atoms with Crippen molar-refractivity contribution in [1.29, 1.82) is 0 Å². The van der Waals surface area contributed by atoms with Gasteiger partial charge in [-0.2, -0.15) is 13.2 Å². The van der Waals surface area contributed by atoms with Gasteiger partial charge in [-0.25, -0.2) is 0 Å². The zero-order valence-electron chi connectivity index (χ0n) is 8.87. The normalized spacial score (nSPS) is 11.6. The Labute approximate surface area is 106 Å². The van der Waals surface area contributed by atoms with Gasteiger partial charge in [-0.1, -0.05) is 17.7 Å². The van der Waals surface area contributed by atoms with Crippen LogP contribution in [0.3, 0.4) is 0 Å². The largest absolute Gasteiger partial charge is 0.506 e. The summed E-state index contributed by atoms with van der Waals surface area (Å²) in [5.74, 6) is -0.272. The number of phenols is 1. The van der Waals surface area contributed by atoms with Crippen LogP contribution in [0, 0.1) is 0 Å². The summed E-state index contributed by atoms with van der Waals surface area (Å²) in [5.41, 5.74) is -0.700. The van der Waals surface area contributed by atoms with Crippen LogP contribution >= 0.6 is 11.6 Å². The van der Waals surface area contributed by atoms with Crippen molar-refractivity contribution >= 4 is 11.6 Å². The van der Waals surface area contributed by atoms with E-state index in [2.05, 4.69) is 4.98 Å². The van der Waals surface area contributed by atoms with Crippen LogP contribution in [-0.2, 0) is 6.18 Å². The van der Waals surface area contributed by atoms with Gasteiger partial charge in [0.2, 0.25) is 0 Å². The molecule has 94 valence electrons. The van der Waals surface area contributed by atoms with Gasteiger partial charge in [0.15, 0.2) is 0 Å². The minimum absolute atomic E-state index is 0.0798. The molecule has 0 saturated heterocycles. The monoisotopic (exact) mass is 273 g/mol. The molecule has 0 spiro atoms. The van der Waals surface area contributed by atoms with Crippen LogP contribution < -0.4 is 0 Å². The average molecular weight is 274 g/mol. The summed E-state index contributed by atoms with van der Waals surface area (Å²) in [6.45, 7) is 0. The van der Waals surface area contributed by atoms with Crippen LogP contribution in [0.1, 0.15) is 5.56 Å². The van der Waals surface area contributed by atoms with Crippen molar-refractivity contribution in [3.05, 3.63) is 47.2 Å². The van der Waals surface area contributed by atoms with E-state index < -0.39 is 11.7 Å². The molecule has 0 radical (unpaired) electrons. The molecule has 0 aliphatic rings. The maximum absolute atomic E-state index is 12.8. The summed E-state index contributed by atoms with van der Waals surface area (Å²) in [4.78, 5) is 3.67. The number of pyridine rings is 1. The second-order valence-corrected chi connectivity index (χ2v) is 3.99. The van der Waals surface area contributed by atoms with E-state index in [1.807, 2.05) is 0 Å². The second-order valence-electron chi connectivity index (χ2n) is 3.59. The van der Waals surface area contributed by atoms with Crippen molar-refractivity contribution in [3.8, 4) is 16.9 Å². The number of phenolic OH excluding ortho intramolecular Hbond substituents is 1. The van der Waals surface area contributed by atoms with Crippen molar-refractivity contribution in [1.82, 2.24) is 4.98 Å². The van der Waals surface area contributed by atoms with E-state index in [-0.39, 0.29) is 21.9 Å². The third kappa shape index (κ3) is 2.41. The second kappa shape index (κ2) is 4.49. The molecule has 0 aliphatic carbocycles. The van der Waals surface area contributed by atoms with Gasteiger partial charge in [-0.15, -0.1) is 0 Å². The van der Waals surface area contributed by atoms with Crippen molar-refractivity contribution < 1.29 is 18.3 Å². The van der Waals surface area contributed by atoms with Crippen LogP contribution in [-0.4, -0.2) is 10.1 Å². The molecule has 0 amide bonds. The highest BCUT2D eigenvalue weighted by Gasteiger charge is 2.33. The molecule has 1 N–H and O–H groups in total. The number of alkyl halides is 3. The summed E-state index contributed by atoms with van der Waals surface area (Å²) in [7, 11) is 0. The van der Waals surface area contributed by atoms with E-state index >= 15 is 0 Å². The first-order valence-electron chi connectivity index (χ1n) is 4.89. The number of rotatable bonds is 1. The zero-order chi connectivity index (χ0) is 13.3. The molecule has 0 aliphatic heterocycles. The summed E-state index contributed by atoms with van der Waals surface area (Å²) >= 11 is 5.61. The molecule has 2 rings (SSSR count). The lowest BCUT2D eigenvalue weighted by molar-refractivity contribution is -0.137. The van der Waals surface area contributed by atoms with E-state index in [0.29, 0.717) is 0 Å². The summed E-state index contributed by atoms with van der Waals surface area (Å²) in [6.07, 6.45) is -2.30. The highest BCUT2D eigenvalue weighted by Crippen LogP contribution is 2.38. The van der Waals surface area contributed by atoms with E-state index in [4.69, 9.17) is 11.6 Å². The lowest BCUT2D eigenvalue weighted by Crippen LogP contribution is -2.07. The fourth-order valence-corrected chi connectivity index (χ4v) is 1.67. The first kappa shape index (κ1) is 12.7. The Morgan fingerprint density at radius 2 is 1.89 bits per heavy atom. The van der Waals surface area contributed by atoms with Crippen molar-refractivity contribution in [2.75, 3.05) is 0 Å². The zero-order valence-corrected chi connectivity index (χ0v) is 9.63. The molecule has 0 saturated carbocycles. The van der Waals surface area contributed by atoms with E-state index in [1.54, 1.807) is 0 Å². The van der Waals surface area contributed by atoms with Crippen molar-refractivity contribution in [2.45, 2.75) is 6.18 Å². The molecule has 2 aromatic rings. The van der Waals surface area contributed by atoms with Gasteiger partial charge in [0.25, 0.3) is 0 Å².